The highest BCUT2D eigenvalue weighted by Gasteiger charge is 2.39. The molecule has 1 heterocycles. The molecule has 1 aliphatic heterocycles. The molecule has 0 aromatic heterocycles. The van der Waals surface area contributed by atoms with Crippen LogP contribution in [0.25, 0.3) is 6.08 Å². The summed E-state index contributed by atoms with van der Waals surface area (Å²) >= 11 is 5.18. The van der Waals surface area contributed by atoms with E-state index in [1.54, 1.807) is 12.1 Å². The Bertz CT molecular complexity index is 1320. The molecule has 1 amide bonds. The molecule has 8 nitrogen and oxygen atoms in total. The molecule has 3 aliphatic rings. The molecule has 0 unspecified atom stereocenters. The SMILES string of the molecule is CCOc1cc(C=C2SC(=NC3CCCCC3)N(C3CCCCC3)C2=O)c(Br)cc1OCc1ccc([N+](=O)[O-])cc1. The number of aliphatic imine (C=N–C) groups is 1. The van der Waals surface area contributed by atoms with E-state index in [4.69, 9.17) is 14.5 Å². The van der Waals surface area contributed by atoms with E-state index in [1.165, 1.54) is 49.6 Å². The lowest BCUT2D eigenvalue weighted by Gasteiger charge is -2.31. The third kappa shape index (κ3) is 7.33. The molecule has 2 aromatic rings. The van der Waals surface area contributed by atoms with Crippen LogP contribution in [-0.2, 0) is 11.4 Å². The highest BCUT2D eigenvalue weighted by atomic mass is 79.9. The number of nitro benzene ring substituents is 1. The number of ether oxygens (including phenoxy) is 2. The molecule has 1 saturated heterocycles. The second-order valence-electron chi connectivity index (χ2n) is 10.7. The quantitative estimate of drug-likeness (QED) is 0.155. The van der Waals surface area contributed by atoms with Crippen LogP contribution in [0, 0.1) is 10.1 Å². The molecule has 0 bridgehead atoms. The van der Waals surface area contributed by atoms with Crippen molar-refractivity contribution in [2.45, 2.75) is 89.8 Å². The highest BCUT2D eigenvalue weighted by molar-refractivity contribution is 9.10. The van der Waals surface area contributed by atoms with Gasteiger partial charge in [-0.1, -0.05) is 54.5 Å². The fourth-order valence-corrected chi connectivity index (χ4v) is 7.20. The van der Waals surface area contributed by atoms with E-state index < -0.39 is 4.92 Å². The van der Waals surface area contributed by atoms with Crippen molar-refractivity contribution in [3.05, 3.63) is 67.0 Å². The zero-order chi connectivity index (χ0) is 28.8. The van der Waals surface area contributed by atoms with E-state index in [2.05, 4.69) is 15.9 Å². The van der Waals surface area contributed by atoms with E-state index in [-0.39, 0.29) is 24.2 Å². The number of rotatable bonds is 9. The number of nitro groups is 1. The number of nitrogens with zero attached hydrogens (tertiary/aromatic N) is 3. The molecule has 0 radical (unpaired) electrons. The van der Waals surface area contributed by atoms with Gasteiger partial charge in [0, 0.05) is 22.6 Å². The van der Waals surface area contributed by atoms with Gasteiger partial charge in [0.05, 0.1) is 22.5 Å². The third-order valence-electron chi connectivity index (χ3n) is 7.84. The van der Waals surface area contributed by atoms with Crippen LogP contribution in [0.4, 0.5) is 5.69 Å². The zero-order valence-corrected chi connectivity index (χ0v) is 25.8. The number of benzene rings is 2. The van der Waals surface area contributed by atoms with Crippen LogP contribution in [0.1, 0.15) is 82.3 Å². The van der Waals surface area contributed by atoms with Crippen LogP contribution in [-0.4, -0.2) is 39.6 Å². The smallest absolute Gasteiger partial charge is 0.269 e. The van der Waals surface area contributed by atoms with E-state index in [9.17, 15) is 14.9 Å². The Hall–Kier alpha value is -2.85. The van der Waals surface area contributed by atoms with E-state index in [0.717, 1.165) is 59.3 Å². The van der Waals surface area contributed by atoms with Crippen molar-refractivity contribution in [3.63, 3.8) is 0 Å². The Morgan fingerprint density at radius 3 is 2.34 bits per heavy atom. The van der Waals surface area contributed by atoms with Gasteiger partial charge in [-0.05, 0) is 85.8 Å². The molecule has 0 N–H and O–H groups in total. The maximum absolute atomic E-state index is 13.8. The van der Waals surface area contributed by atoms with Crippen LogP contribution >= 0.6 is 27.7 Å². The Kier molecular flexibility index (Phi) is 10.0. The second kappa shape index (κ2) is 13.9. The second-order valence-corrected chi connectivity index (χ2v) is 12.6. The molecule has 2 saturated carbocycles. The van der Waals surface area contributed by atoms with Gasteiger partial charge < -0.3 is 9.47 Å². The number of hydrogen-bond acceptors (Lipinski definition) is 7. The summed E-state index contributed by atoms with van der Waals surface area (Å²) in [5, 5.41) is 11.8. The molecule has 5 rings (SSSR count). The molecule has 218 valence electrons. The zero-order valence-electron chi connectivity index (χ0n) is 23.4. The summed E-state index contributed by atoms with van der Waals surface area (Å²) in [6.07, 6.45) is 13.4. The third-order valence-corrected chi connectivity index (χ3v) is 9.52. The van der Waals surface area contributed by atoms with Gasteiger partial charge in [0.1, 0.15) is 6.61 Å². The monoisotopic (exact) mass is 641 g/mol. The van der Waals surface area contributed by atoms with E-state index >= 15 is 0 Å². The lowest BCUT2D eigenvalue weighted by atomic mass is 9.94. The van der Waals surface area contributed by atoms with Gasteiger partial charge in [0.2, 0.25) is 0 Å². The van der Waals surface area contributed by atoms with Gasteiger partial charge in [0.25, 0.3) is 11.6 Å². The van der Waals surface area contributed by atoms with Gasteiger partial charge in [-0.15, -0.1) is 0 Å². The van der Waals surface area contributed by atoms with Crippen LogP contribution in [0.5, 0.6) is 11.5 Å². The summed E-state index contributed by atoms with van der Waals surface area (Å²) in [5.74, 6) is 1.16. The van der Waals surface area contributed by atoms with Crippen molar-refractivity contribution < 1.29 is 19.2 Å². The van der Waals surface area contributed by atoms with Crippen LogP contribution in [0.2, 0.25) is 0 Å². The minimum absolute atomic E-state index is 0.0391. The molecular weight excluding hydrogens is 606 g/mol. The fraction of sp³-hybridized carbons (Fsp3) is 0.484. The minimum Gasteiger partial charge on any atom is -0.490 e. The Labute approximate surface area is 253 Å². The molecule has 3 fully saturated rings. The number of amides is 1. The summed E-state index contributed by atoms with van der Waals surface area (Å²) in [5.41, 5.74) is 1.67. The molecule has 2 aromatic carbocycles. The maximum atomic E-state index is 13.8. The molecule has 0 atom stereocenters. The van der Waals surface area contributed by atoms with Crippen molar-refractivity contribution in [1.82, 2.24) is 4.90 Å². The normalized spacial score (nSPS) is 20.6. The Morgan fingerprint density at radius 1 is 1.02 bits per heavy atom. The summed E-state index contributed by atoms with van der Waals surface area (Å²) in [4.78, 5) is 32.1. The number of carbonyl (C=O) groups is 1. The molecule has 41 heavy (non-hydrogen) atoms. The first kappa shape index (κ1) is 29.6. The lowest BCUT2D eigenvalue weighted by Crippen LogP contribution is -2.41. The molecular formula is C31H36BrN3O5S. The average Bonchev–Trinajstić information content (AvgIpc) is 3.28. The van der Waals surface area contributed by atoms with Crippen molar-refractivity contribution >= 4 is 50.5 Å². The van der Waals surface area contributed by atoms with Gasteiger partial charge in [-0.25, -0.2) is 0 Å². The van der Waals surface area contributed by atoms with Gasteiger partial charge in [-0.2, -0.15) is 0 Å². The van der Waals surface area contributed by atoms with Crippen molar-refractivity contribution in [2.75, 3.05) is 6.61 Å². The fourth-order valence-electron chi connectivity index (χ4n) is 5.66. The molecule has 10 heteroatoms. The van der Waals surface area contributed by atoms with Crippen molar-refractivity contribution in [1.29, 1.82) is 0 Å². The number of thioether (sulfide) groups is 1. The number of hydrogen-bond donors (Lipinski definition) is 0. The topological polar surface area (TPSA) is 94.3 Å². The Balaban J connectivity index is 1.39. The predicted octanol–water partition coefficient (Wildman–Crippen LogP) is 8.27. The van der Waals surface area contributed by atoms with Crippen molar-refractivity contribution in [2.24, 2.45) is 4.99 Å². The number of halogens is 1. The highest BCUT2D eigenvalue weighted by Crippen LogP contribution is 2.41. The Morgan fingerprint density at radius 2 is 1.68 bits per heavy atom. The van der Waals surface area contributed by atoms with E-state index in [0.29, 0.717) is 29.1 Å². The van der Waals surface area contributed by atoms with Gasteiger partial charge >= 0.3 is 0 Å². The van der Waals surface area contributed by atoms with Crippen molar-refractivity contribution in [3.8, 4) is 11.5 Å². The van der Waals surface area contributed by atoms with Crippen LogP contribution in [0.15, 0.2) is 50.8 Å². The number of carbonyl (C=O) groups excluding carboxylic acids is 1. The largest absolute Gasteiger partial charge is 0.490 e. The summed E-state index contributed by atoms with van der Waals surface area (Å²) in [6.45, 7) is 2.59. The number of amidine groups is 1. The first-order chi connectivity index (χ1) is 19.9. The molecule has 2 aliphatic carbocycles. The first-order valence-electron chi connectivity index (χ1n) is 14.6. The number of non-ortho nitro benzene ring substituents is 1. The summed E-state index contributed by atoms with van der Waals surface area (Å²) in [6, 6.07) is 10.5. The summed E-state index contributed by atoms with van der Waals surface area (Å²) in [7, 11) is 0. The van der Waals surface area contributed by atoms with Gasteiger partial charge in [-0.3, -0.25) is 24.8 Å². The standard InChI is InChI=1S/C31H36BrN3O5S/c1-2-39-27-17-22(26(32)19-28(27)40-20-21-13-15-25(16-14-21)35(37)38)18-29-30(36)34(24-11-7-4-8-12-24)31(41-29)33-23-9-5-3-6-10-23/h13-19,23-24H,2-12,20H2,1H3. The lowest BCUT2D eigenvalue weighted by molar-refractivity contribution is -0.384. The van der Waals surface area contributed by atoms with Crippen LogP contribution < -0.4 is 9.47 Å². The van der Waals surface area contributed by atoms with Crippen LogP contribution in [0.3, 0.4) is 0 Å². The predicted molar refractivity (Wildman–Crippen MR) is 166 cm³/mol. The maximum Gasteiger partial charge on any atom is 0.269 e. The van der Waals surface area contributed by atoms with Gasteiger partial charge in [0.15, 0.2) is 16.7 Å². The first-order valence-corrected chi connectivity index (χ1v) is 16.2. The van der Waals surface area contributed by atoms with E-state index in [1.807, 2.05) is 30.0 Å². The molecule has 0 spiro atoms. The average molecular weight is 643 g/mol. The minimum atomic E-state index is -0.422. The summed E-state index contributed by atoms with van der Waals surface area (Å²) < 4.78 is 12.7.